The molecular formula is C16H20N4O5S. The molecule has 10 heteroatoms. The number of hydrogen-bond acceptors (Lipinski definition) is 7. The highest BCUT2D eigenvalue weighted by Gasteiger charge is 2.37. The van der Waals surface area contributed by atoms with Crippen molar-refractivity contribution < 1.29 is 23.0 Å². The number of para-hydroxylation sites is 1. The minimum atomic E-state index is -3.71. The summed E-state index contributed by atoms with van der Waals surface area (Å²) in [6.45, 7) is 0.555. The zero-order chi connectivity index (χ0) is 18.3. The van der Waals surface area contributed by atoms with E-state index in [4.69, 9.17) is 9.47 Å². The Kier molecular flexibility index (Phi) is 4.33. The molecular weight excluding hydrogens is 360 g/mol. The van der Waals surface area contributed by atoms with Crippen LogP contribution in [0, 0.1) is 0 Å². The molecule has 140 valence electrons. The molecule has 0 saturated heterocycles. The number of nitrogens with zero attached hydrogens (tertiary/aromatic N) is 3. The lowest BCUT2D eigenvalue weighted by molar-refractivity contribution is 0.167. The van der Waals surface area contributed by atoms with Gasteiger partial charge in [0.2, 0.25) is 10.0 Å². The van der Waals surface area contributed by atoms with Crippen LogP contribution < -0.4 is 14.2 Å². The van der Waals surface area contributed by atoms with Crippen molar-refractivity contribution in [3.63, 3.8) is 0 Å². The third-order valence-corrected chi connectivity index (χ3v) is 6.33. The number of aromatic nitrogens is 3. The van der Waals surface area contributed by atoms with Gasteiger partial charge in [0.25, 0.3) is 0 Å². The molecule has 0 atom stereocenters. The van der Waals surface area contributed by atoms with Gasteiger partial charge in [-0.3, -0.25) is 0 Å². The average molecular weight is 380 g/mol. The highest BCUT2D eigenvalue weighted by Crippen LogP contribution is 2.39. The molecule has 2 heterocycles. The number of rotatable bonds is 5. The normalized spacial score (nSPS) is 22.1. The van der Waals surface area contributed by atoms with Crippen LogP contribution in [0.4, 0.5) is 0 Å². The number of sulfonamides is 1. The third-order valence-electron chi connectivity index (χ3n) is 4.78. The monoisotopic (exact) mass is 380 g/mol. The Morgan fingerprint density at radius 2 is 2.04 bits per heavy atom. The summed E-state index contributed by atoms with van der Waals surface area (Å²) >= 11 is 0. The first kappa shape index (κ1) is 17.3. The van der Waals surface area contributed by atoms with Crippen LogP contribution in [0.2, 0.25) is 0 Å². The number of hydrogen-bond donors (Lipinski definition) is 2. The van der Waals surface area contributed by atoms with E-state index in [0.29, 0.717) is 37.6 Å². The fraction of sp³-hybridized carbons (Fsp3) is 0.500. The Morgan fingerprint density at radius 3 is 2.77 bits per heavy atom. The Morgan fingerprint density at radius 1 is 1.27 bits per heavy atom. The minimum absolute atomic E-state index is 0.0966. The molecule has 2 aliphatic rings. The standard InChI is InChI=1S/C16H20N4O5S/c1-20-14(9-21)17-18-16(20)10-7-11(8-10)19-26(22,23)13-4-2-3-12-15(13)25-6-5-24-12/h2-4,10-11,19,21H,5-9H2,1H3. The largest absolute Gasteiger partial charge is 0.486 e. The van der Waals surface area contributed by atoms with Crippen molar-refractivity contribution >= 4 is 10.0 Å². The molecule has 0 bridgehead atoms. The smallest absolute Gasteiger partial charge is 0.244 e. The van der Waals surface area contributed by atoms with Crippen LogP contribution in [0.1, 0.15) is 30.4 Å². The van der Waals surface area contributed by atoms with Crippen LogP contribution in [-0.4, -0.2) is 47.5 Å². The molecule has 0 unspecified atom stereocenters. The van der Waals surface area contributed by atoms with Crippen LogP contribution in [0.15, 0.2) is 23.1 Å². The van der Waals surface area contributed by atoms with Gasteiger partial charge in [-0.1, -0.05) is 6.07 Å². The summed E-state index contributed by atoms with van der Waals surface area (Å²) in [7, 11) is -1.92. The molecule has 0 radical (unpaired) electrons. The van der Waals surface area contributed by atoms with Gasteiger partial charge >= 0.3 is 0 Å². The van der Waals surface area contributed by atoms with Crippen LogP contribution in [-0.2, 0) is 23.7 Å². The van der Waals surface area contributed by atoms with Crippen LogP contribution in [0.25, 0.3) is 0 Å². The molecule has 1 aromatic heterocycles. The molecule has 1 aliphatic heterocycles. The van der Waals surface area contributed by atoms with Gasteiger partial charge in [0, 0.05) is 19.0 Å². The lowest BCUT2D eigenvalue weighted by atomic mass is 9.80. The van der Waals surface area contributed by atoms with E-state index in [2.05, 4.69) is 14.9 Å². The number of ether oxygens (including phenoxy) is 2. The van der Waals surface area contributed by atoms with Crippen molar-refractivity contribution in [2.24, 2.45) is 7.05 Å². The van der Waals surface area contributed by atoms with Gasteiger partial charge in [0.15, 0.2) is 17.3 Å². The number of aliphatic hydroxyl groups is 1. The van der Waals surface area contributed by atoms with E-state index in [9.17, 15) is 13.5 Å². The molecule has 9 nitrogen and oxygen atoms in total. The number of benzene rings is 1. The van der Waals surface area contributed by atoms with Gasteiger partial charge < -0.3 is 19.1 Å². The van der Waals surface area contributed by atoms with Crippen molar-refractivity contribution in [3.05, 3.63) is 29.8 Å². The lowest BCUT2D eigenvalue weighted by Crippen LogP contribution is -2.44. The maximum absolute atomic E-state index is 12.8. The summed E-state index contributed by atoms with van der Waals surface area (Å²) in [6.07, 6.45) is 1.26. The maximum Gasteiger partial charge on any atom is 0.244 e. The number of nitrogens with one attached hydrogen (secondary N) is 1. The second kappa shape index (κ2) is 6.53. The van der Waals surface area contributed by atoms with Crippen molar-refractivity contribution in [2.45, 2.75) is 36.3 Å². The molecule has 26 heavy (non-hydrogen) atoms. The van der Waals surface area contributed by atoms with E-state index in [-0.39, 0.29) is 29.2 Å². The van der Waals surface area contributed by atoms with E-state index < -0.39 is 10.0 Å². The molecule has 2 N–H and O–H groups in total. The second-order valence-electron chi connectivity index (χ2n) is 6.46. The SMILES string of the molecule is Cn1c(CO)nnc1C1CC(NS(=O)(=O)c2cccc3c2OCCO3)C1. The summed E-state index contributed by atoms with van der Waals surface area (Å²) in [5, 5.41) is 17.2. The van der Waals surface area contributed by atoms with Gasteiger partial charge in [-0.15, -0.1) is 10.2 Å². The van der Waals surface area contributed by atoms with Crippen LogP contribution in [0.5, 0.6) is 11.5 Å². The van der Waals surface area contributed by atoms with Gasteiger partial charge in [-0.05, 0) is 25.0 Å². The summed E-state index contributed by atoms with van der Waals surface area (Å²) in [6, 6.07) is 4.67. The van der Waals surface area contributed by atoms with Crippen LogP contribution >= 0.6 is 0 Å². The van der Waals surface area contributed by atoms with Gasteiger partial charge in [-0.25, -0.2) is 13.1 Å². The minimum Gasteiger partial charge on any atom is -0.486 e. The van der Waals surface area contributed by atoms with E-state index in [1.54, 1.807) is 23.7 Å². The summed E-state index contributed by atoms with van der Waals surface area (Å²) < 4.78 is 41.0. The Hall–Kier alpha value is -2.17. The zero-order valence-electron chi connectivity index (χ0n) is 14.3. The molecule has 1 aliphatic carbocycles. The first-order valence-corrected chi connectivity index (χ1v) is 9.88. The molecule has 1 saturated carbocycles. The topological polar surface area (TPSA) is 116 Å². The highest BCUT2D eigenvalue weighted by atomic mass is 32.2. The van der Waals surface area contributed by atoms with Crippen LogP contribution in [0.3, 0.4) is 0 Å². The fourth-order valence-corrected chi connectivity index (χ4v) is 4.75. The summed E-state index contributed by atoms with van der Waals surface area (Å²) in [5.41, 5.74) is 0. The van der Waals surface area contributed by atoms with Crippen molar-refractivity contribution in [3.8, 4) is 11.5 Å². The lowest BCUT2D eigenvalue weighted by Gasteiger charge is -2.35. The quantitative estimate of drug-likeness (QED) is 0.767. The Balaban J connectivity index is 1.46. The van der Waals surface area contributed by atoms with Crippen molar-refractivity contribution in [1.29, 1.82) is 0 Å². The highest BCUT2D eigenvalue weighted by molar-refractivity contribution is 7.89. The average Bonchev–Trinajstić information content (AvgIpc) is 2.97. The third kappa shape index (κ3) is 2.93. The van der Waals surface area contributed by atoms with Gasteiger partial charge in [-0.2, -0.15) is 0 Å². The van der Waals surface area contributed by atoms with E-state index >= 15 is 0 Å². The molecule has 2 aromatic rings. The molecule has 1 fully saturated rings. The van der Waals surface area contributed by atoms with Crippen molar-refractivity contribution in [1.82, 2.24) is 19.5 Å². The number of fused-ring (bicyclic) bond motifs is 1. The summed E-state index contributed by atoms with van der Waals surface area (Å²) in [5.74, 6) is 2.09. The fourth-order valence-electron chi connectivity index (χ4n) is 3.33. The zero-order valence-corrected chi connectivity index (χ0v) is 15.1. The van der Waals surface area contributed by atoms with E-state index in [1.165, 1.54) is 6.07 Å². The van der Waals surface area contributed by atoms with Gasteiger partial charge in [0.1, 0.15) is 30.5 Å². The van der Waals surface area contributed by atoms with Crippen molar-refractivity contribution in [2.75, 3.05) is 13.2 Å². The molecule has 4 rings (SSSR count). The molecule has 1 aromatic carbocycles. The Labute approximate surface area is 151 Å². The Bertz CT molecular complexity index is 921. The number of aliphatic hydroxyl groups excluding tert-OH is 1. The summed E-state index contributed by atoms with van der Waals surface area (Å²) in [4.78, 5) is 0.0966. The predicted octanol–water partition coefficient (Wildman–Crippen LogP) is 0.303. The first-order chi connectivity index (χ1) is 12.5. The first-order valence-electron chi connectivity index (χ1n) is 8.39. The van der Waals surface area contributed by atoms with Gasteiger partial charge in [0.05, 0.1) is 0 Å². The predicted molar refractivity (Wildman–Crippen MR) is 90.4 cm³/mol. The maximum atomic E-state index is 12.8. The molecule has 0 spiro atoms. The van der Waals surface area contributed by atoms with E-state index in [0.717, 1.165) is 5.82 Å². The second-order valence-corrected chi connectivity index (χ2v) is 8.14. The van der Waals surface area contributed by atoms with E-state index in [1.807, 2.05) is 0 Å². The molecule has 0 amide bonds.